The molecule has 180 valence electrons. The highest BCUT2D eigenvalue weighted by Crippen LogP contribution is 2.59. The van der Waals surface area contributed by atoms with Gasteiger partial charge in [0.25, 0.3) is 0 Å². The van der Waals surface area contributed by atoms with Crippen molar-refractivity contribution in [1.29, 1.82) is 0 Å². The van der Waals surface area contributed by atoms with E-state index in [0.717, 1.165) is 44.4 Å². The number of carbonyl (C=O) groups is 2. The Labute approximate surface area is 190 Å². The van der Waals surface area contributed by atoms with Crippen LogP contribution in [0.2, 0.25) is 0 Å². The van der Waals surface area contributed by atoms with Gasteiger partial charge in [-0.05, 0) is 62.0 Å². The van der Waals surface area contributed by atoms with Gasteiger partial charge >= 0.3 is 6.18 Å². The van der Waals surface area contributed by atoms with Crippen LogP contribution < -0.4 is 16.0 Å². The van der Waals surface area contributed by atoms with E-state index in [1.54, 1.807) is 0 Å². The van der Waals surface area contributed by atoms with Crippen molar-refractivity contribution in [3.05, 3.63) is 23.9 Å². The predicted molar refractivity (Wildman–Crippen MR) is 115 cm³/mol. The topological polar surface area (TPSA) is 91.6 Å². The van der Waals surface area contributed by atoms with Gasteiger partial charge in [-0.1, -0.05) is 0 Å². The number of hydrogen-bond donors (Lipinski definition) is 2. The molecule has 1 aromatic heterocycles. The molecule has 1 aromatic rings. The van der Waals surface area contributed by atoms with E-state index in [9.17, 15) is 22.8 Å². The first-order valence-electron chi connectivity index (χ1n) is 11.7. The molecule has 33 heavy (non-hydrogen) atoms. The van der Waals surface area contributed by atoms with Gasteiger partial charge in [-0.25, -0.2) is 4.98 Å². The Morgan fingerprint density at radius 2 is 1.76 bits per heavy atom. The van der Waals surface area contributed by atoms with Crippen LogP contribution in [0.5, 0.6) is 0 Å². The molecular formula is C23H30F3N5O2. The molecule has 2 atom stereocenters. The zero-order valence-corrected chi connectivity index (χ0v) is 18.5. The number of anilines is 1. The summed E-state index contributed by atoms with van der Waals surface area (Å²) in [7, 11) is 0. The average molecular weight is 466 g/mol. The highest BCUT2D eigenvalue weighted by atomic mass is 19.4. The van der Waals surface area contributed by atoms with Crippen molar-refractivity contribution in [2.24, 2.45) is 28.9 Å². The number of carbonyl (C=O) groups excluding carboxylic acids is 2. The number of nitrogens with one attached hydrogen (secondary N) is 1. The Morgan fingerprint density at radius 3 is 2.30 bits per heavy atom. The standard InChI is InChI=1S/C23H30F3N5O2/c24-23(25,26)17-1-2-18(28-12-17)31-5-3-30(4-6-31)13-19(32)29-20-15-7-14-8-16(20)11-22(9-14,10-15)21(27)33/h1-2,12,14-16,20H,3-11,13H2,(H2,27,33)(H,29,32). The first-order valence-corrected chi connectivity index (χ1v) is 11.7. The fourth-order valence-corrected chi connectivity index (χ4v) is 6.87. The number of aromatic nitrogens is 1. The molecule has 5 aliphatic rings. The van der Waals surface area contributed by atoms with Gasteiger partial charge in [-0.15, -0.1) is 0 Å². The van der Waals surface area contributed by atoms with Crippen LogP contribution in [0.3, 0.4) is 0 Å². The van der Waals surface area contributed by atoms with Crippen molar-refractivity contribution in [2.75, 3.05) is 37.6 Å². The van der Waals surface area contributed by atoms with Crippen LogP contribution in [-0.2, 0) is 15.8 Å². The van der Waals surface area contributed by atoms with Crippen molar-refractivity contribution in [2.45, 2.75) is 44.3 Å². The van der Waals surface area contributed by atoms with E-state index in [-0.39, 0.29) is 23.3 Å². The number of rotatable bonds is 5. The van der Waals surface area contributed by atoms with E-state index in [1.807, 2.05) is 4.90 Å². The number of piperazine rings is 1. The number of pyridine rings is 1. The van der Waals surface area contributed by atoms with Gasteiger partial charge < -0.3 is 16.0 Å². The maximum absolute atomic E-state index is 12.8. The number of halogens is 3. The number of primary amides is 1. The molecule has 3 N–H and O–H groups in total. The minimum atomic E-state index is -4.39. The lowest BCUT2D eigenvalue weighted by molar-refractivity contribution is -0.147. The van der Waals surface area contributed by atoms with Gasteiger partial charge in [-0.3, -0.25) is 14.5 Å². The van der Waals surface area contributed by atoms with E-state index in [4.69, 9.17) is 5.73 Å². The van der Waals surface area contributed by atoms with Crippen LogP contribution in [0.1, 0.15) is 37.7 Å². The van der Waals surface area contributed by atoms with E-state index in [0.29, 0.717) is 56.3 Å². The van der Waals surface area contributed by atoms with Crippen molar-refractivity contribution in [3.8, 4) is 0 Å². The van der Waals surface area contributed by atoms with Crippen LogP contribution in [0.25, 0.3) is 0 Å². The lowest BCUT2D eigenvalue weighted by atomic mass is 9.47. The van der Waals surface area contributed by atoms with Crippen molar-refractivity contribution in [1.82, 2.24) is 15.2 Å². The van der Waals surface area contributed by atoms with Gasteiger partial charge in [-0.2, -0.15) is 13.2 Å². The Kier molecular flexibility index (Phi) is 5.54. The number of nitrogens with zero attached hydrogens (tertiary/aromatic N) is 3. The second-order valence-electron chi connectivity index (χ2n) is 10.4. The Bertz CT molecular complexity index is 898. The maximum Gasteiger partial charge on any atom is 0.417 e. The highest BCUT2D eigenvalue weighted by molar-refractivity contribution is 5.82. The predicted octanol–water partition coefficient (Wildman–Crippen LogP) is 2.02. The van der Waals surface area contributed by atoms with Crippen LogP contribution in [0, 0.1) is 23.2 Å². The van der Waals surface area contributed by atoms with Gasteiger partial charge in [0, 0.05) is 43.8 Å². The van der Waals surface area contributed by atoms with Crippen molar-refractivity contribution < 1.29 is 22.8 Å². The molecule has 1 saturated heterocycles. The van der Waals surface area contributed by atoms with Crippen molar-refractivity contribution in [3.63, 3.8) is 0 Å². The SMILES string of the molecule is NC(=O)C12CC3CC(C1)C(NC(=O)CN1CCN(c4ccc(C(F)(F)F)cn4)CC1)C(C3)C2. The zero-order chi connectivity index (χ0) is 23.4. The van der Waals surface area contributed by atoms with Crippen LogP contribution in [0.15, 0.2) is 18.3 Å². The van der Waals surface area contributed by atoms with Gasteiger partial charge in [0.1, 0.15) is 5.82 Å². The molecule has 5 fully saturated rings. The van der Waals surface area contributed by atoms with E-state index < -0.39 is 11.7 Å². The molecule has 10 heteroatoms. The largest absolute Gasteiger partial charge is 0.417 e. The molecule has 2 heterocycles. The fourth-order valence-electron chi connectivity index (χ4n) is 6.87. The average Bonchev–Trinajstić information content (AvgIpc) is 2.76. The third-order valence-electron chi connectivity index (χ3n) is 8.26. The number of alkyl halides is 3. The molecule has 4 saturated carbocycles. The minimum absolute atomic E-state index is 0.00158. The quantitative estimate of drug-likeness (QED) is 0.694. The minimum Gasteiger partial charge on any atom is -0.369 e. The normalized spacial score (nSPS) is 33.8. The molecule has 2 unspecified atom stereocenters. The molecule has 2 amide bonds. The second-order valence-corrected chi connectivity index (χ2v) is 10.4. The van der Waals surface area contributed by atoms with Gasteiger partial charge in [0.2, 0.25) is 11.8 Å². The highest BCUT2D eigenvalue weighted by Gasteiger charge is 2.58. The Morgan fingerprint density at radius 1 is 1.09 bits per heavy atom. The Balaban J connectivity index is 1.12. The third-order valence-corrected chi connectivity index (χ3v) is 8.26. The van der Waals surface area contributed by atoms with E-state index in [1.165, 1.54) is 6.07 Å². The maximum atomic E-state index is 12.8. The molecule has 0 aromatic carbocycles. The van der Waals surface area contributed by atoms with Crippen LogP contribution in [-0.4, -0.2) is 60.5 Å². The first-order chi connectivity index (χ1) is 15.6. The first kappa shape index (κ1) is 22.4. The molecular weight excluding hydrogens is 435 g/mol. The van der Waals surface area contributed by atoms with Crippen LogP contribution >= 0.6 is 0 Å². The molecule has 4 bridgehead atoms. The molecule has 4 aliphatic carbocycles. The van der Waals surface area contributed by atoms with Gasteiger partial charge in [0.15, 0.2) is 0 Å². The van der Waals surface area contributed by atoms with Gasteiger partial charge in [0.05, 0.1) is 12.1 Å². The summed E-state index contributed by atoms with van der Waals surface area (Å²) in [5.74, 6) is 1.55. The summed E-state index contributed by atoms with van der Waals surface area (Å²) < 4.78 is 38.2. The third kappa shape index (κ3) is 4.29. The zero-order valence-electron chi connectivity index (χ0n) is 18.5. The lowest BCUT2D eigenvalue weighted by Crippen LogP contribution is -2.62. The summed E-state index contributed by atoms with van der Waals surface area (Å²) in [5, 5.41) is 3.26. The summed E-state index contributed by atoms with van der Waals surface area (Å²) in [6, 6.07) is 2.57. The Hall–Kier alpha value is -2.36. The summed E-state index contributed by atoms with van der Waals surface area (Å²) in [5.41, 5.74) is 4.63. The summed E-state index contributed by atoms with van der Waals surface area (Å²) >= 11 is 0. The molecule has 0 spiro atoms. The monoisotopic (exact) mass is 465 g/mol. The van der Waals surface area contributed by atoms with Crippen LogP contribution in [0.4, 0.5) is 19.0 Å². The second kappa shape index (κ2) is 8.14. The van der Waals surface area contributed by atoms with E-state index in [2.05, 4.69) is 15.2 Å². The number of amides is 2. The summed E-state index contributed by atoms with van der Waals surface area (Å²) in [4.78, 5) is 32.9. The summed E-state index contributed by atoms with van der Waals surface area (Å²) in [6.07, 6.45) is 1.09. The summed E-state index contributed by atoms with van der Waals surface area (Å²) in [6.45, 7) is 2.78. The lowest BCUT2D eigenvalue weighted by Gasteiger charge is -2.58. The molecule has 7 nitrogen and oxygen atoms in total. The smallest absolute Gasteiger partial charge is 0.369 e. The van der Waals surface area contributed by atoms with Crippen molar-refractivity contribution >= 4 is 17.6 Å². The molecule has 6 rings (SSSR count). The molecule has 1 aliphatic heterocycles. The van der Waals surface area contributed by atoms with E-state index >= 15 is 0 Å². The number of nitrogens with two attached hydrogens (primary N) is 1. The number of hydrogen-bond acceptors (Lipinski definition) is 5. The molecule has 0 radical (unpaired) electrons. The fraction of sp³-hybridized carbons (Fsp3) is 0.696.